The van der Waals surface area contributed by atoms with Crippen molar-refractivity contribution in [2.75, 3.05) is 6.61 Å². The highest BCUT2D eigenvalue weighted by atomic mass is 16.6. The molecule has 4 heteroatoms. The van der Waals surface area contributed by atoms with Gasteiger partial charge in [0.2, 0.25) is 0 Å². The van der Waals surface area contributed by atoms with E-state index in [4.69, 9.17) is 11.2 Å². The van der Waals surface area contributed by atoms with Crippen LogP contribution in [0.2, 0.25) is 0 Å². The van der Waals surface area contributed by atoms with Gasteiger partial charge >= 0.3 is 6.09 Å². The minimum absolute atomic E-state index is 0.336. The molecule has 1 aromatic rings. The summed E-state index contributed by atoms with van der Waals surface area (Å²) in [7, 11) is 0. The van der Waals surface area contributed by atoms with E-state index in [0.29, 0.717) is 19.4 Å². The molecule has 0 aromatic carbocycles. The van der Waals surface area contributed by atoms with E-state index in [1.54, 1.807) is 6.07 Å². The molecule has 1 aromatic heterocycles. The first-order chi connectivity index (χ1) is 6.34. The molecule has 0 saturated heterocycles. The molecule has 0 bridgehead atoms. The van der Waals surface area contributed by atoms with Crippen LogP contribution in [0.1, 0.15) is 12.8 Å². The van der Waals surface area contributed by atoms with Crippen LogP contribution < -0.4 is 0 Å². The highest BCUT2D eigenvalue weighted by Gasteiger charge is 2.03. The van der Waals surface area contributed by atoms with Gasteiger partial charge in [0, 0.05) is 18.8 Å². The third-order valence-corrected chi connectivity index (χ3v) is 1.38. The number of hydrogen-bond donors (Lipinski definition) is 0. The van der Waals surface area contributed by atoms with Gasteiger partial charge in [-0.05, 0) is 12.5 Å². The van der Waals surface area contributed by atoms with Gasteiger partial charge in [-0.25, -0.2) is 4.79 Å². The standard InChI is InChI=1S/C9H10N2O2/c1-2-3-4-8-13-9(12)11-7-5-6-10-11/h1,5-7H,3-4,8H2. The topological polar surface area (TPSA) is 44.1 Å². The smallest absolute Gasteiger partial charge is 0.434 e. The molecule has 0 fully saturated rings. The van der Waals surface area contributed by atoms with E-state index >= 15 is 0 Å². The first kappa shape index (κ1) is 9.33. The maximum absolute atomic E-state index is 11.1. The Balaban J connectivity index is 2.24. The summed E-state index contributed by atoms with van der Waals surface area (Å²) in [5.41, 5.74) is 0. The lowest BCUT2D eigenvalue weighted by molar-refractivity contribution is 0.143. The summed E-state index contributed by atoms with van der Waals surface area (Å²) in [6.07, 6.45) is 8.91. The van der Waals surface area contributed by atoms with E-state index in [9.17, 15) is 4.79 Å². The fourth-order valence-corrected chi connectivity index (χ4v) is 0.777. The predicted octanol–water partition coefficient (Wildman–Crippen LogP) is 1.28. The number of ether oxygens (including phenoxy) is 1. The van der Waals surface area contributed by atoms with Gasteiger partial charge in [-0.3, -0.25) is 0 Å². The monoisotopic (exact) mass is 178 g/mol. The molecule has 0 aliphatic carbocycles. The summed E-state index contributed by atoms with van der Waals surface area (Å²) in [5, 5.41) is 3.72. The number of carbonyl (C=O) groups is 1. The lowest BCUT2D eigenvalue weighted by atomic mass is 10.3. The van der Waals surface area contributed by atoms with Gasteiger partial charge in [0.25, 0.3) is 0 Å². The average Bonchev–Trinajstić information content (AvgIpc) is 2.65. The Morgan fingerprint density at radius 2 is 2.54 bits per heavy atom. The maximum atomic E-state index is 11.1. The Hall–Kier alpha value is -1.76. The third kappa shape index (κ3) is 2.99. The molecule has 4 nitrogen and oxygen atoms in total. The van der Waals surface area contributed by atoms with E-state index in [2.05, 4.69) is 11.0 Å². The Morgan fingerprint density at radius 1 is 1.69 bits per heavy atom. The van der Waals surface area contributed by atoms with Crippen LogP contribution in [0.3, 0.4) is 0 Å². The molecule has 0 radical (unpaired) electrons. The van der Waals surface area contributed by atoms with Crippen LogP contribution in [0.5, 0.6) is 0 Å². The van der Waals surface area contributed by atoms with Crippen molar-refractivity contribution in [3.8, 4) is 12.3 Å². The first-order valence-electron chi connectivity index (χ1n) is 3.95. The van der Waals surface area contributed by atoms with Crippen LogP contribution in [0, 0.1) is 12.3 Å². The molecule has 1 rings (SSSR count). The average molecular weight is 178 g/mol. The second-order valence-electron chi connectivity index (χ2n) is 2.37. The molecule has 0 N–H and O–H groups in total. The molecule has 0 atom stereocenters. The number of terminal acetylenes is 1. The molecular formula is C9H10N2O2. The normalized spacial score (nSPS) is 9.15. The van der Waals surface area contributed by atoms with Gasteiger partial charge in [0.1, 0.15) is 0 Å². The fraction of sp³-hybridized carbons (Fsp3) is 0.333. The summed E-state index contributed by atoms with van der Waals surface area (Å²) in [4.78, 5) is 11.1. The minimum Gasteiger partial charge on any atom is -0.448 e. The molecule has 68 valence electrons. The lowest BCUT2D eigenvalue weighted by Crippen LogP contribution is -2.14. The van der Waals surface area contributed by atoms with Crippen molar-refractivity contribution >= 4 is 6.09 Å². The number of nitrogens with zero attached hydrogens (tertiary/aromatic N) is 2. The van der Waals surface area contributed by atoms with E-state index in [0.717, 1.165) is 4.68 Å². The van der Waals surface area contributed by atoms with Gasteiger partial charge in [0.15, 0.2) is 0 Å². The molecule has 0 spiro atoms. The number of carbonyl (C=O) groups excluding carboxylic acids is 1. The SMILES string of the molecule is C#CCCCOC(=O)n1cccn1. The quantitative estimate of drug-likeness (QED) is 0.517. The highest BCUT2D eigenvalue weighted by molar-refractivity contribution is 5.68. The van der Waals surface area contributed by atoms with Crippen LogP contribution in [0.25, 0.3) is 0 Å². The number of aromatic nitrogens is 2. The van der Waals surface area contributed by atoms with E-state index in [1.165, 1.54) is 12.4 Å². The minimum atomic E-state index is -0.470. The second-order valence-corrected chi connectivity index (χ2v) is 2.37. The predicted molar refractivity (Wildman–Crippen MR) is 47.0 cm³/mol. The summed E-state index contributed by atoms with van der Waals surface area (Å²) in [5.74, 6) is 2.46. The number of hydrogen-bond acceptors (Lipinski definition) is 3. The summed E-state index contributed by atoms with van der Waals surface area (Å²) in [6.45, 7) is 0.336. The number of rotatable bonds is 3. The van der Waals surface area contributed by atoms with E-state index in [-0.39, 0.29) is 0 Å². The van der Waals surface area contributed by atoms with Crippen LogP contribution in [0.15, 0.2) is 18.5 Å². The molecule has 0 aliphatic heterocycles. The van der Waals surface area contributed by atoms with E-state index in [1.807, 2.05) is 0 Å². The van der Waals surface area contributed by atoms with Gasteiger partial charge in [-0.1, -0.05) is 0 Å². The zero-order valence-electron chi connectivity index (χ0n) is 7.14. The van der Waals surface area contributed by atoms with Gasteiger partial charge < -0.3 is 4.74 Å². The third-order valence-electron chi connectivity index (χ3n) is 1.38. The molecule has 0 aliphatic rings. The van der Waals surface area contributed by atoms with Gasteiger partial charge in [0.05, 0.1) is 6.61 Å². The van der Waals surface area contributed by atoms with Crippen molar-refractivity contribution in [1.82, 2.24) is 9.78 Å². The lowest BCUT2D eigenvalue weighted by Gasteiger charge is -2.01. The van der Waals surface area contributed by atoms with Crippen LogP contribution in [0.4, 0.5) is 4.79 Å². The summed E-state index contributed by atoms with van der Waals surface area (Å²) >= 11 is 0. The van der Waals surface area contributed by atoms with Crippen molar-refractivity contribution in [3.05, 3.63) is 18.5 Å². The Bertz CT molecular complexity index is 298. The van der Waals surface area contributed by atoms with Crippen molar-refractivity contribution in [2.45, 2.75) is 12.8 Å². The van der Waals surface area contributed by atoms with Gasteiger partial charge in [-0.2, -0.15) is 9.78 Å². The molecule has 0 saturated carbocycles. The second kappa shape index (κ2) is 4.99. The van der Waals surface area contributed by atoms with Crippen LogP contribution >= 0.6 is 0 Å². The Labute approximate surface area is 76.5 Å². The van der Waals surface area contributed by atoms with Gasteiger partial charge in [-0.15, -0.1) is 12.3 Å². The largest absolute Gasteiger partial charge is 0.448 e. The molecule has 13 heavy (non-hydrogen) atoms. The zero-order valence-corrected chi connectivity index (χ0v) is 7.14. The van der Waals surface area contributed by atoms with E-state index < -0.39 is 6.09 Å². The fourth-order valence-electron chi connectivity index (χ4n) is 0.777. The molecule has 1 heterocycles. The Morgan fingerprint density at radius 3 is 3.15 bits per heavy atom. The zero-order chi connectivity index (χ0) is 9.52. The molecule has 0 amide bonds. The Kier molecular flexibility index (Phi) is 3.58. The highest BCUT2D eigenvalue weighted by Crippen LogP contribution is 1.92. The maximum Gasteiger partial charge on any atom is 0.434 e. The van der Waals surface area contributed by atoms with Crippen molar-refractivity contribution in [1.29, 1.82) is 0 Å². The summed E-state index contributed by atoms with van der Waals surface area (Å²) < 4.78 is 5.99. The summed E-state index contributed by atoms with van der Waals surface area (Å²) in [6, 6.07) is 1.66. The molecule has 0 unspecified atom stereocenters. The van der Waals surface area contributed by atoms with Crippen molar-refractivity contribution < 1.29 is 9.53 Å². The molecular weight excluding hydrogens is 168 g/mol. The van der Waals surface area contributed by atoms with Crippen LogP contribution in [-0.2, 0) is 4.74 Å². The van der Waals surface area contributed by atoms with Crippen LogP contribution in [-0.4, -0.2) is 22.5 Å². The van der Waals surface area contributed by atoms with Crippen molar-refractivity contribution in [3.63, 3.8) is 0 Å². The first-order valence-corrected chi connectivity index (χ1v) is 3.95. The van der Waals surface area contributed by atoms with Crippen molar-refractivity contribution in [2.24, 2.45) is 0 Å². The number of unbranched alkanes of at least 4 members (excludes halogenated alkanes) is 1.